The van der Waals surface area contributed by atoms with Crippen molar-refractivity contribution in [2.24, 2.45) is 16.8 Å². The molecule has 0 aromatic carbocycles. The highest BCUT2D eigenvalue weighted by Crippen LogP contribution is 2.44. The van der Waals surface area contributed by atoms with Gasteiger partial charge in [-0.15, -0.1) is 24.0 Å². The molecule has 2 bridgehead atoms. The first-order valence-corrected chi connectivity index (χ1v) is 10.5. The number of aliphatic imine (C=N–C) groups is 1. The minimum Gasteiger partial charge on any atom is -0.469 e. The van der Waals surface area contributed by atoms with E-state index in [2.05, 4.69) is 10.6 Å². The summed E-state index contributed by atoms with van der Waals surface area (Å²) in [6.07, 6.45) is 9.83. The Morgan fingerprint density at radius 3 is 2.79 bits per heavy atom. The maximum Gasteiger partial charge on any atom is 0.191 e. The predicted molar refractivity (Wildman–Crippen MR) is 120 cm³/mol. The lowest BCUT2D eigenvalue weighted by Crippen LogP contribution is -2.48. The molecule has 4 rings (SSSR count). The number of nitrogens with zero attached hydrogens (tertiary/aromatic N) is 1. The van der Waals surface area contributed by atoms with Crippen LogP contribution in [0.15, 0.2) is 27.8 Å². The third-order valence-electron chi connectivity index (χ3n) is 6.67. The van der Waals surface area contributed by atoms with Gasteiger partial charge in [0, 0.05) is 52.2 Å². The van der Waals surface area contributed by atoms with Crippen molar-refractivity contribution in [3.63, 3.8) is 0 Å². The molecule has 28 heavy (non-hydrogen) atoms. The number of furan rings is 1. The molecule has 0 spiro atoms. The van der Waals surface area contributed by atoms with Crippen molar-refractivity contribution in [2.75, 3.05) is 33.4 Å². The van der Waals surface area contributed by atoms with Gasteiger partial charge < -0.3 is 24.5 Å². The van der Waals surface area contributed by atoms with E-state index in [1.54, 1.807) is 13.4 Å². The highest BCUT2D eigenvalue weighted by Gasteiger charge is 2.40. The molecule has 6 nitrogen and oxygen atoms in total. The highest BCUT2D eigenvalue weighted by molar-refractivity contribution is 14.0. The van der Waals surface area contributed by atoms with Crippen LogP contribution in [0.2, 0.25) is 0 Å². The van der Waals surface area contributed by atoms with Crippen molar-refractivity contribution >= 4 is 29.9 Å². The van der Waals surface area contributed by atoms with E-state index >= 15 is 0 Å². The maximum atomic E-state index is 5.85. The van der Waals surface area contributed by atoms with Crippen LogP contribution in [0.1, 0.15) is 44.3 Å². The Balaban J connectivity index is 0.00000225. The van der Waals surface area contributed by atoms with Gasteiger partial charge in [0.25, 0.3) is 0 Å². The molecular formula is C21H34IN3O3. The average molecular weight is 503 g/mol. The van der Waals surface area contributed by atoms with Crippen molar-refractivity contribution in [1.82, 2.24) is 10.6 Å². The summed E-state index contributed by atoms with van der Waals surface area (Å²) in [5, 5.41) is 7.25. The first-order valence-electron chi connectivity index (χ1n) is 10.5. The van der Waals surface area contributed by atoms with Crippen LogP contribution in [0.25, 0.3) is 0 Å². The van der Waals surface area contributed by atoms with Crippen molar-refractivity contribution in [1.29, 1.82) is 0 Å². The number of rotatable bonds is 7. The molecule has 1 aliphatic heterocycles. The lowest BCUT2D eigenvalue weighted by atomic mass is 9.94. The largest absolute Gasteiger partial charge is 0.469 e. The standard InChI is InChI=1S/C21H33N3O3.HI/c1-25-21(7-11-26-12-8-21)15-23-20(22-9-6-18-3-2-10-27-18)24-19-14-16-4-5-17(19)13-16;/h2-3,10,16-17,19H,4-9,11-15H2,1H3,(H2,22,23,24);1H. The number of fused-ring (bicyclic) bond motifs is 2. The van der Waals surface area contributed by atoms with Crippen LogP contribution < -0.4 is 10.6 Å². The van der Waals surface area contributed by atoms with E-state index < -0.39 is 0 Å². The second-order valence-corrected chi connectivity index (χ2v) is 8.35. The SMILES string of the molecule is COC1(CN=C(NCCc2ccco2)NC2CC3CCC2C3)CCOCC1.I. The molecule has 3 atom stereocenters. The average Bonchev–Trinajstić information content (AvgIpc) is 3.45. The van der Waals surface area contributed by atoms with Gasteiger partial charge in [0.05, 0.1) is 18.4 Å². The van der Waals surface area contributed by atoms with Crippen LogP contribution in [0.4, 0.5) is 0 Å². The molecule has 2 aliphatic carbocycles. The molecule has 2 N–H and O–H groups in total. The fourth-order valence-electron chi connectivity index (χ4n) is 4.90. The Morgan fingerprint density at radius 1 is 1.29 bits per heavy atom. The van der Waals surface area contributed by atoms with Gasteiger partial charge in [-0.1, -0.05) is 6.42 Å². The molecule has 1 saturated heterocycles. The second kappa shape index (κ2) is 10.3. The van der Waals surface area contributed by atoms with Gasteiger partial charge in [0.1, 0.15) is 5.76 Å². The van der Waals surface area contributed by atoms with Crippen LogP contribution in [0.3, 0.4) is 0 Å². The van der Waals surface area contributed by atoms with E-state index in [-0.39, 0.29) is 29.6 Å². The summed E-state index contributed by atoms with van der Waals surface area (Å²) in [4.78, 5) is 4.94. The molecule has 1 aromatic rings. The topological polar surface area (TPSA) is 68.0 Å². The quantitative estimate of drug-likeness (QED) is 0.340. The minimum absolute atomic E-state index is 0. The van der Waals surface area contributed by atoms with Crippen molar-refractivity contribution in [2.45, 2.75) is 56.6 Å². The Hall–Kier alpha value is -0.800. The van der Waals surface area contributed by atoms with E-state index in [4.69, 9.17) is 18.9 Å². The van der Waals surface area contributed by atoms with E-state index in [0.29, 0.717) is 12.6 Å². The Morgan fingerprint density at radius 2 is 2.14 bits per heavy atom. The van der Waals surface area contributed by atoms with E-state index in [9.17, 15) is 0 Å². The number of hydrogen-bond donors (Lipinski definition) is 2. The zero-order chi connectivity index (χ0) is 18.5. The third kappa shape index (κ3) is 5.42. The first kappa shape index (κ1) is 21.9. The van der Waals surface area contributed by atoms with Crippen LogP contribution in [-0.4, -0.2) is 51.0 Å². The van der Waals surface area contributed by atoms with Gasteiger partial charge in [0.2, 0.25) is 0 Å². The molecule has 2 saturated carbocycles. The highest BCUT2D eigenvalue weighted by atomic mass is 127. The Labute approximate surface area is 185 Å². The van der Waals surface area contributed by atoms with Gasteiger partial charge in [-0.3, -0.25) is 4.99 Å². The molecule has 3 aliphatic rings. The number of guanidine groups is 1. The van der Waals surface area contributed by atoms with Crippen molar-refractivity contribution in [3.8, 4) is 0 Å². The van der Waals surface area contributed by atoms with Crippen LogP contribution in [0, 0.1) is 11.8 Å². The summed E-state index contributed by atoms with van der Waals surface area (Å²) >= 11 is 0. The molecule has 1 aromatic heterocycles. The normalized spacial score (nSPS) is 28.8. The lowest BCUT2D eigenvalue weighted by molar-refractivity contribution is -0.0828. The minimum atomic E-state index is -0.192. The molecule has 2 heterocycles. The molecular weight excluding hydrogens is 469 g/mol. The van der Waals surface area contributed by atoms with Crippen LogP contribution >= 0.6 is 24.0 Å². The van der Waals surface area contributed by atoms with Gasteiger partial charge in [0.15, 0.2) is 5.96 Å². The van der Waals surface area contributed by atoms with Gasteiger partial charge >= 0.3 is 0 Å². The zero-order valence-corrected chi connectivity index (χ0v) is 19.2. The maximum absolute atomic E-state index is 5.85. The summed E-state index contributed by atoms with van der Waals surface area (Å²) in [5.41, 5.74) is -0.192. The Bertz CT molecular complexity index is 616. The summed E-state index contributed by atoms with van der Waals surface area (Å²) in [6, 6.07) is 4.52. The first-order chi connectivity index (χ1) is 13.3. The molecule has 158 valence electrons. The molecule has 3 fully saturated rings. The number of ether oxygens (including phenoxy) is 2. The van der Waals surface area contributed by atoms with Crippen molar-refractivity contribution in [3.05, 3.63) is 24.2 Å². The van der Waals surface area contributed by atoms with Gasteiger partial charge in [-0.05, 0) is 43.2 Å². The van der Waals surface area contributed by atoms with Crippen LogP contribution in [0.5, 0.6) is 0 Å². The zero-order valence-electron chi connectivity index (χ0n) is 16.8. The summed E-state index contributed by atoms with van der Waals surface area (Å²) < 4.78 is 16.8. The molecule has 3 unspecified atom stereocenters. The molecule has 0 radical (unpaired) electrons. The third-order valence-corrected chi connectivity index (χ3v) is 6.67. The van der Waals surface area contributed by atoms with Crippen molar-refractivity contribution < 1.29 is 13.9 Å². The molecule has 0 amide bonds. The van der Waals surface area contributed by atoms with Gasteiger partial charge in [-0.2, -0.15) is 0 Å². The van der Waals surface area contributed by atoms with E-state index in [0.717, 1.165) is 62.6 Å². The number of hydrogen-bond acceptors (Lipinski definition) is 4. The van der Waals surface area contributed by atoms with E-state index in [1.807, 2.05) is 12.1 Å². The summed E-state index contributed by atoms with van der Waals surface area (Å²) in [5.74, 6) is 3.64. The predicted octanol–water partition coefficient (Wildman–Crippen LogP) is 3.36. The number of halogens is 1. The lowest BCUT2D eigenvalue weighted by Gasteiger charge is -2.35. The van der Waals surface area contributed by atoms with Gasteiger partial charge in [-0.25, -0.2) is 0 Å². The molecule has 7 heteroatoms. The number of nitrogens with one attached hydrogen (secondary N) is 2. The fraction of sp³-hybridized carbons (Fsp3) is 0.762. The van der Waals surface area contributed by atoms with E-state index in [1.165, 1.54) is 25.7 Å². The number of methoxy groups -OCH3 is 1. The fourth-order valence-corrected chi connectivity index (χ4v) is 4.90. The monoisotopic (exact) mass is 503 g/mol. The van der Waals surface area contributed by atoms with Crippen LogP contribution in [-0.2, 0) is 15.9 Å². The Kier molecular flexibility index (Phi) is 8.05. The summed E-state index contributed by atoms with van der Waals surface area (Å²) in [6.45, 7) is 2.99. The second-order valence-electron chi connectivity index (χ2n) is 8.35. The summed E-state index contributed by atoms with van der Waals surface area (Å²) in [7, 11) is 1.80. The smallest absolute Gasteiger partial charge is 0.191 e.